The van der Waals surface area contributed by atoms with Gasteiger partial charge in [0.25, 0.3) is 11.6 Å². The van der Waals surface area contributed by atoms with E-state index in [0.717, 1.165) is 31.3 Å². The fourth-order valence-electron chi connectivity index (χ4n) is 3.89. The number of nitrogens with one attached hydrogen (secondary N) is 1. The van der Waals surface area contributed by atoms with Crippen LogP contribution in [-0.2, 0) is 9.53 Å². The maximum absolute atomic E-state index is 14.6. The first-order valence-electron chi connectivity index (χ1n) is 11.1. The van der Waals surface area contributed by atoms with E-state index < -0.39 is 77.2 Å². The number of carbonyl (C=O) groups is 2. The SMILES string of the molecule is [2H]C([2H])([2H])Oc1c([C@@H]2[C@H](C(=O)Nc3cc[n+]([O-])c(C(N)=O)c3)O[C@](C)(C(F)(F)F)[C@H]2C)ccc(F)c1F. The van der Waals surface area contributed by atoms with Gasteiger partial charge in [-0.1, -0.05) is 13.0 Å². The van der Waals surface area contributed by atoms with Crippen molar-refractivity contribution < 1.29 is 49.9 Å². The van der Waals surface area contributed by atoms with E-state index in [-0.39, 0.29) is 10.4 Å². The van der Waals surface area contributed by atoms with Gasteiger partial charge in [-0.05, 0) is 13.0 Å². The minimum Gasteiger partial charge on any atom is -0.618 e. The summed E-state index contributed by atoms with van der Waals surface area (Å²) in [6, 6.07) is 3.24. The summed E-state index contributed by atoms with van der Waals surface area (Å²) < 4.78 is 102. The van der Waals surface area contributed by atoms with Crippen LogP contribution in [0.15, 0.2) is 30.5 Å². The summed E-state index contributed by atoms with van der Waals surface area (Å²) in [5, 5.41) is 13.9. The molecule has 0 unspecified atom stereocenters. The van der Waals surface area contributed by atoms with Crippen molar-refractivity contribution in [3.8, 4) is 5.75 Å². The number of hydrogen-bond donors (Lipinski definition) is 2. The first kappa shape index (κ1) is 21.1. The molecule has 1 aromatic heterocycles. The van der Waals surface area contributed by atoms with E-state index in [0.29, 0.717) is 13.0 Å². The molecule has 34 heavy (non-hydrogen) atoms. The molecule has 2 amide bonds. The number of nitrogens with zero attached hydrogens (tertiary/aromatic N) is 1. The average molecular weight is 492 g/mol. The van der Waals surface area contributed by atoms with E-state index in [1.165, 1.54) is 0 Å². The fourth-order valence-corrected chi connectivity index (χ4v) is 3.89. The number of nitrogens with two attached hydrogens (primary N) is 1. The van der Waals surface area contributed by atoms with Crippen LogP contribution in [0.5, 0.6) is 5.75 Å². The van der Waals surface area contributed by atoms with E-state index in [1.54, 1.807) is 0 Å². The van der Waals surface area contributed by atoms with E-state index >= 15 is 0 Å². The molecule has 184 valence electrons. The zero-order chi connectivity index (χ0) is 28.1. The van der Waals surface area contributed by atoms with Crippen molar-refractivity contribution in [1.29, 1.82) is 0 Å². The summed E-state index contributed by atoms with van der Waals surface area (Å²) in [5.74, 6) is -10.2. The third-order valence-corrected chi connectivity index (χ3v) is 5.91. The summed E-state index contributed by atoms with van der Waals surface area (Å²) in [6.07, 6.45) is -6.28. The molecule has 1 aliphatic heterocycles. The number of benzene rings is 1. The molecule has 2 heterocycles. The van der Waals surface area contributed by atoms with Crippen molar-refractivity contribution >= 4 is 17.5 Å². The highest BCUT2D eigenvalue weighted by Crippen LogP contribution is 2.55. The van der Waals surface area contributed by atoms with Crippen LogP contribution in [0.25, 0.3) is 0 Å². The normalized spacial score (nSPS) is 26.3. The Balaban J connectivity index is 2.13. The molecule has 13 heteroatoms. The largest absolute Gasteiger partial charge is 0.618 e. The van der Waals surface area contributed by atoms with Crippen molar-refractivity contribution in [2.45, 2.75) is 37.6 Å². The monoisotopic (exact) mass is 492 g/mol. The molecular weight excluding hydrogens is 469 g/mol. The molecule has 4 atom stereocenters. The quantitative estimate of drug-likeness (QED) is 0.378. The van der Waals surface area contributed by atoms with Gasteiger partial charge in [-0.15, -0.1) is 0 Å². The highest BCUT2D eigenvalue weighted by Gasteiger charge is 2.65. The first-order chi connectivity index (χ1) is 16.9. The zero-order valence-corrected chi connectivity index (χ0v) is 17.6. The third-order valence-electron chi connectivity index (χ3n) is 5.91. The lowest BCUT2D eigenvalue weighted by Gasteiger charge is -2.32. The fraction of sp³-hybridized carbons (Fsp3) is 0.381. The summed E-state index contributed by atoms with van der Waals surface area (Å²) in [5.41, 5.74) is 0.723. The van der Waals surface area contributed by atoms with Crippen LogP contribution in [0.4, 0.5) is 27.6 Å². The number of anilines is 1. The highest BCUT2D eigenvalue weighted by atomic mass is 19.4. The Labute approximate surface area is 194 Å². The van der Waals surface area contributed by atoms with Gasteiger partial charge < -0.3 is 25.7 Å². The molecule has 3 N–H and O–H groups in total. The number of aromatic nitrogens is 1. The van der Waals surface area contributed by atoms with Gasteiger partial charge >= 0.3 is 12.1 Å². The van der Waals surface area contributed by atoms with Crippen LogP contribution < -0.4 is 20.5 Å². The van der Waals surface area contributed by atoms with Crippen molar-refractivity contribution in [2.24, 2.45) is 11.7 Å². The lowest BCUT2D eigenvalue weighted by molar-refractivity contribution is -0.607. The maximum Gasteiger partial charge on any atom is 0.417 e. The predicted molar refractivity (Wildman–Crippen MR) is 107 cm³/mol. The number of rotatable bonds is 5. The molecule has 2 aromatic rings. The summed E-state index contributed by atoms with van der Waals surface area (Å²) in [7, 11) is -3.32. The molecule has 0 spiro atoms. The first-order valence-corrected chi connectivity index (χ1v) is 9.62. The minimum absolute atomic E-state index is 0.0926. The van der Waals surface area contributed by atoms with Crippen molar-refractivity contribution in [1.82, 2.24) is 0 Å². The summed E-state index contributed by atoms with van der Waals surface area (Å²) >= 11 is 0. The third kappa shape index (κ3) is 4.11. The second-order valence-corrected chi connectivity index (χ2v) is 7.82. The molecule has 3 rings (SSSR count). The van der Waals surface area contributed by atoms with E-state index in [2.05, 4.69) is 10.1 Å². The number of halogens is 5. The molecule has 1 fully saturated rings. The lowest BCUT2D eigenvalue weighted by atomic mass is 9.77. The van der Waals surface area contributed by atoms with Gasteiger partial charge in [-0.2, -0.15) is 22.3 Å². The highest BCUT2D eigenvalue weighted by molar-refractivity contribution is 5.97. The topological polar surface area (TPSA) is 118 Å². The molecule has 0 aliphatic carbocycles. The van der Waals surface area contributed by atoms with Crippen LogP contribution in [0.1, 0.15) is 39.9 Å². The molecular formula is C21H20F5N3O5. The Morgan fingerprint density at radius 3 is 2.59 bits per heavy atom. The van der Waals surface area contributed by atoms with Gasteiger partial charge in [0.1, 0.15) is 6.10 Å². The second-order valence-electron chi connectivity index (χ2n) is 7.82. The number of hydrogen-bond acceptors (Lipinski definition) is 5. The number of carbonyl (C=O) groups excluding carboxylic acids is 2. The summed E-state index contributed by atoms with van der Waals surface area (Å²) in [6.45, 7) is 1.69. The minimum atomic E-state index is -5.05. The van der Waals surface area contributed by atoms with Gasteiger partial charge in [0.05, 0.1) is 16.8 Å². The number of methoxy groups -OCH3 is 1. The number of pyridine rings is 1. The Morgan fingerprint density at radius 1 is 1.32 bits per heavy atom. The van der Waals surface area contributed by atoms with Crippen LogP contribution in [0.3, 0.4) is 0 Å². The van der Waals surface area contributed by atoms with Crippen LogP contribution in [0, 0.1) is 22.8 Å². The standard InChI is InChI=1S/C21H20F5N3O5/c1-9-14(11-4-5-12(22)15(23)16(11)33-3)17(34-20(9,2)21(24,25)26)19(31)28-10-6-7-29(32)13(8-10)18(27)30/h4-9,14,17H,1-3H3,(H2,27,30)(H,28,31)/t9-,14+,17+,20-/m0/s1/i3D3. The molecule has 0 saturated carbocycles. The molecule has 1 saturated heterocycles. The van der Waals surface area contributed by atoms with Gasteiger partial charge in [0.15, 0.2) is 23.4 Å². The number of ether oxygens (including phenoxy) is 2. The van der Waals surface area contributed by atoms with Crippen LogP contribution in [0.2, 0.25) is 0 Å². The Bertz CT molecular complexity index is 1240. The van der Waals surface area contributed by atoms with Gasteiger partial charge in [-0.25, -0.2) is 4.39 Å². The number of alkyl halides is 3. The molecule has 1 aliphatic rings. The van der Waals surface area contributed by atoms with Gasteiger partial charge in [0.2, 0.25) is 5.82 Å². The smallest absolute Gasteiger partial charge is 0.417 e. The number of amides is 2. The Morgan fingerprint density at radius 2 is 2.00 bits per heavy atom. The van der Waals surface area contributed by atoms with E-state index in [9.17, 15) is 36.7 Å². The van der Waals surface area contributed by atoms with E-state index in [1.807, 2.05) is 0 Å². The maximum atomic E-state index is 14.6. The van der Waals surface area contributed by atoms with E-state index in [4.69, 9.17) is 14.6 Å². The van der Waals surface area contributed by atoms with Gasteiger partial charge in [-0.3, -0.25) is 9.59 Å². The predicted octanol–water partition coefficient (Wildman–Crippen LogP) is 2.78. The average Bonchev–Trinajstić information content (AvgIpc) is 3.04. The molecule has 0 radical (unpaired) electrons. The second kappa shape index (κ2) is 8.70. The van der Waals surface area contributed by atoms with Crippen LogP contribution in [-0.4, -0.2) is 36.7 Å². The molecule has 0 bridgehead atoms. The van der Waals surface area contributed by atoms with Crippen molar-refractivity contribution in [3.05, 3.63) is 58.6 Å². The lowest BCUT2D eigenvalue weighted by Crippen LogP contribution is -2.47. The summed E-state index contributed by atoms with van der Waals surface area (Å²) in [4.78, 5) is 24.6. The Hall–Kier alpha value is -3.48. The number of primary amides is 1. The van der Waals surface area contributed by atoms with Crippen molar-refractivity contribution in [3.63, 3.8) is 0 Å². The Kier molecular flexibility index (Phi) is 5.40. The van der Waals surface area contributed by atoms with Crippen LogP contribution >= 0.6 is 0 Å². The van der Waals surface area contributed by atoms with Crippen molar-refractivity contribution in [2.75, 3.05) is 12.4 Å². The zero-order valence-electron chi connectivity index (χ0n) is 20.6. The molecule has 8 nitrogen and oxygen atoms in total. The molecule has 1 aromatic carbocycles. The van der Waals surface area contributed by atoms with Gasteiger partial charge in [0, 0.05) is 29.5 Å².